The Hall–Kier alpha value is -15.4. The molecule has 25 aromatic rings. The average molecular weight is 1490 g/mol. The maximum Gasteiger partial charge on any atom is 0.159 e. The molecule has 0 aliphatic carbocycles. The second-order valence-corrected chi connectivity index (χ2v) is 29.5. The molecule has 25 rings (SSSR count). The van der Waals surface area contributed by atoms with Crippen molar-refractivity contribution < 1.29 is 35.2 Å². The van der Waals surface area contributed by atoms with Crippen LogP contribution in [0.5, 0.6) is 0 Å². The predicted molar refractivity (Wildman–Crippen MR) is 490 cm³/mol. The molecule has 0 atom stereocenters. The molecule has 0 saturated carbocycles. The van der Waals surface area contributed by atoms with Gasteiger partial charge < -0.3 is 17.8 Å². The Labute approximate surface area is 688 Å². The van der Waals surface area contributed by atoms with E-state index in [0.29, 0.717) is 44.5 Å². The van der Waals surface area contributed by atoms with Gasteiger partial charge in [-0.1, -0.05) is 327 Å². The summed E-state index contributed by atoms with van der Waals surface area (Å²) in [4.78, 5) is 0. The van der Waals surface area contributed by atoms with Gasteiger partial charge in [-0.3, -0.25) is 0 Å². The molecule has 21 aromatic carbocycles. The SMILES string of the molecule is [2H]c1c([2H])c([2H])c2c(-c3cc(-c4cc(-n5c6ccccc6c6ccccc65)c5oc6ccccc6c5c4)c4ccccc4c3)c3c([2H])c([2H])c([2H])c([2H])c3c(-c3ccccc3)c2c1[2H].[2H]c1c([2H])c([2H])c2c(-c3cccc4ccccc34)c3c([2H])c([2H])c([2H])c([2H])c3c(-c3cc(-c4cc(-c5cccc6c5oc5ccccc56)c5oc6ccccc6c5c4)c4ccccc4c3)c2c1[2H]. The minimum atomic E-state index is -0.449. The Morgan fingerprint density at radius 1 is 0.190 bits per heavy atom. The van der Waals surface area contributed by atoms with E-state index >= 15 is 0 Å². The van der Waals surface area contributed by atoms with Gasteiger partial charge in [0.2, 0.25) is 0 Å². The zero-order chi connectivity index (χ0) is 90.0. The van der Waals surface area contributed by atoms with Crippen molar-refractivity contribution in [3.05, 3.63) is 406 Å². The molecule has 0 N–H and O–H groups in total. The van der Waals surface area contributed by atoms with Crippen molar-refractivity contribution in [2.45, 2.75) is 0 Å². The van der Waals surface area contributed by atoms with Gasteiger partial charge in [-0.15, -0.1) is 0 Å². The largest absolute Gasteiger partial charge is 0.455 e. The molecule has 4 nitrogen and oxygen atoms in total. The molecular formula is C112H67NO3. The molecule has 0 unspecified atom stereocenters. The number of hydrogen-bond donors (Lipinski definition) is 0. The summed E-state index contributed by atoms with van der Waals surface area (Å²) in [5.74, 6) is 0. The fourth-order valence-corrected chi connectivity index (χ4v) is 18.3. The first-order chi connectivity index (χ1) is 64.2. The lowest BCUT2D eigenvalue weighted by molar-refractivity contribution is 0.665. The van der Waals surface area contributed by atoms with E-state index < -0.39 is 48.3 Å². The molecule has 0 aliphatic heterocycles. The van der Waals surface area contributed by atoms with Gasteiger partial charge in [0.05, 0.1) is 38.7 Å². The Balaban J connectivity index is 0.000000146. The Morgan fingerprint density at radius 3 is 1.03 bits per heavy atom. The fourth-order valence-electron chi connectivity index (χ4n) is 18.3. The molecule has 0 bridgehead atoms. The quantitative estimate of drug-likeness (QED) is 0.142. The molecule has 0 aliphatic rings. The van der Waals surface area contributed by atoms with Crippen molar-refractivity contribution >= 4 is 163 Å². The van der Waals surface area contributed by atoms with Crippen LogP contribution in [0.4, 0.5) is 0 Å². The minimum Gasteiger partial charge on any atom is -0.455 e. The first-order valence-corrected chi connectivity index (χ1v) is 38.5. The Kier molecular flexibility index (Phi) is 11.5. The smallest absolute Gasteiger partial charge is 0.159 e. The number of nitrogens with zero attached hydrogens (tertiary/aromatic N) is 1. The van der Waals surface area contributed by atoms with Gasteiger partial charge in [-0.05, 0) is 221 Å². The molecule has 538 valence electrons. The van der Waals surface area contributed by atoms with E-state index in [4.69, 9.17) is 24.2 Å². The second-order valence-electron chi connectivity index (χ2n) is 29.5. The highest BCUT2D eigenvalue weighted by Crippen LogP contribution is 2.52. The van der Waals surface area contributed by atoms with Crippen LogP contribution >= 0.6 is 0 Å². The number of para-hydroxylation sites is 6. The van der Waals surface area contributed by atoms with Crippen LogP contribution in [0.2, 0.25) is 0 Å². The zero-order valence-electron chi connectivity index (χ0n) is 77.6. The number of furan rings is 3. The summed E-state index contributed by atoms with van der Waals surface area (Å²) in [6.07, 6.45) is 0. The van der Waals surface area contributed by atoms with Crippen molar-refractivity contribution in [1.29, 1.82) is 0 Å². The normalized spacial score (nSPS) is 13.9. The lowest BCUT2D eigenvalue weighted by atomic mass is 9.83. The molecule has 4 heterocycles. The van der Waals surface area contributed by atoms with Crippen molar-refractivity contribution in [1.82, 2.24) is 4.57 Å². The monoisotopic (exact) mass is 1490 g/mol. The Bertz CT molecular complexity index is 9240. The van der Waals surface area contributed by atoms with E-state index in [9.17, 15) is 11.0 Å². The van der Waals surface area contributed by atoms with Gasteiger partial charge in [0, 0.05) is 54.2 Å². The lowest BCUT2D eigenvalue weighted by Gasteiger charge is -2.20. The van der Waals surface area contributed by atoms with Gasteiger partial charge in [0.15, 0.2) is 5.58 Å². The summed E-state index contributed by atoms with van der Waals surface area (Å²) in [5.41, 5.74) is 15.6. The first-order valence-electron chi connectivity index (χ1n) is 46.5. The predicted octanol–water partition coefficient (Wildman–Crippen LogP) is 31.9. The highest BCUT2D eigenvalue weighted by Gasteiger charge is 2.27. The molecule has 116 heavy (non-hydrogen) atoms. The van der Waals surface area contributed by atoms with Gasteiger partial charge >= 0.3 is 0 Å². The number of fused-ring (bicyclic) bond motifs is 19. The van der Waals surface area contributed by atoms with E-state index in [-0.39, 0.29) is 97.0 Å². The standard InChI is InChI=1S/C58H34O2.C54H33NO/c1-3-18-39-35(15-1)17-13-26-43(39)56-46-24-7-5-22-44(46)55(45-23-6-8-25-47(45)56)38-31-36-16-2-4-19-40(36)50(34-38)37-32-51-42-21-10-12-30-54(42)60-58(51)52(33-37)49-28-14-27-48-41-20-9-11-29-53(41)59-57(48)49;1-2-16-34(17-3-1)52-42-23-6-8-25-44(42)53(45-26-9-7-24-43(45)52)37-30-35-18-4-5-19-38(35)46(32-37)36-31-47-41-22-12-15-29-51(41)56-54(47)50(33-36)55-48-27-13-10-20-39(48)40-21-11-14-28-49(40)55/h1-34H;1-33H/i5D,6D,7D,8D,22D,23D,24D,25D;6D,7D,8D,9D,23D,24D,25D,26D. The van der Waals surface area contributed by atoms with Crippen LogP contribution in [0.3, 0.4) is 0 Å². The Morgan fingerprint density at radius 2 is 0.526 bits per heavy atom. The topological polar surface area (TPSA) is 44.4 Å². The molecule has 0 amide bonds. The maximum atomic E-state index is 9.69. The van der Waals surface area contributed by atoms with Crippen molar-refractivity contribution in [3.63, 3.8) is 0 Å². The summed E-state index contributed by atoms with van der Waals surface area (Å²) in [7, 11) is 0. The maximum absolute atomic E-state index is 9.69. The summed E-state index contributed by atoms with van der Waals surface area (Å²) >= 11 is 0. The third-order valence-electron chi connectivity index (χ3n) is 23.2. The third kappa shape index (κ3) is 10.1. The fraction of sp³-hybridized carbons (Fsp3) is 0. The zero-order valence-corrected chi connectivity index (χ0v) is 61.6. The van der Waals surface area contributed by atoms with Gasteiger partial charge in [0.1, 0.15) is 27.9 Å². The van der Waals surface area contributed by atoms with E-state index in [0.717, 1.165) is 153 Å². The number of benzene rings is 21. The van der Waals surface area contributed by atoms with Crippen LogP contribution < -0.4 is 0 Å². The molecule has 0 spiro atoms. The highest BCUT2D eigenvalue weighted by molar-refractivity contribution is 6.27. The molecule has 0 radical (unpaired) electrons. The summed E-state index contributed by atoms with van der Waals surface area (Å²) in [6, 6.07) is 95.5. The van der Waals surface area contributed by atoms with E-state index in [2.05, 4.69) is 77.4 Å². The van der Waals surface area contributed by atoms with Crippen LogP contribution in [-0.2, 0) is 0 Å². The highest BCUT2D eigenvalue weighted by atomic mass is 16.3. The van der Waals surface area contributed by atoms with Crippen molar-refractivity contribution in [2.24, 2.45) is 0 Å². The van der Waals surface area contributed by atoms with Crippen LogP contribution in [-0.4, -0.2) is 4.57 Å². The van der Waals surface area contributed by atoms with Crippen LogP contribution in [0, 0.1) is 0 Å². The molecule has 0 fully saturated rings. The molecule has 0 saturated heterocycles. The number of rotatable bonds is 8. The number of hydrogen-bond acceptors (Lipinski definition) is 3. The molecule has 4 aromatic heterocycles. The third-order valence-corrected chi connectivity index (χ3v) is 23.2. The van der Waals surface area contributed by atoms with Gasteiger partial charge in [-0.2, -0.15) is 0 Å². The molecule has 4 heteroatoms. The van der Waals surface area contributed by atoms with Crippen LogP contribution in [0.1, 0.15) is 21.9 Å². The molecular weight excluding hydrogens is 1410 g/mol. The first kappa shape index (κ1) is 51.2. The van der Waals surface area contributed by atoms with E-state index in [1.165, 1.54) is 0 Å². The van der Waals surface area contributed by atoms with Gasteiger partial charge in [0.25, 0.3) is 0 Å². The van der Waals surface area contributed by atoms with Crippen LogP contribution in [0.25, 0.3) is 247 Å². The van der Waals surface area contributed by atoms with Crippen molar-refractivity contribution in [2.75, 3.05) is 0 Å². The average Bonchev–Trinajstić information content (AvgIpc) is 1.71. The summed E-state index contributed by atoms with van der Waals surface area (Å²) in [6.45, 7) is 0. The number of aromatic nitrogens is 1. The summed E-state index contributed by atoms with van der Waals surface area (Å²) < 4.78 is 171. The summed E-state index contributed by atoms with van der Waals surface area (Å²) in [5, 5.41) is 14.3. The van der Waals surface area contributed by atoms with Crippen molar-refractivity contribution in [3.8, 4) is 83.6 Å². The van der Waals surface area contributed by atoms with E-state index in [1.54, 1.807) is 12.1 Å². The van der Waals surface area contributed by atoms with Gasteiger partial charge in [-0.25, -0.2) is 0 Å². The second kappa shape index (κ2) is 26.1. The van der Waals surface area contributed by atoms with E-state index in [1.807, 2.05) is 224 Å². The minimum absolute atomic E-state index is 0.159. The van der Waals surface area contributed by atoms with Crippen LogP contribution in [0.15, 0.2) is 419 Å². The lowest BCUT2D eigenvalue weighted by Crippen LogP contribution is -1.96.